The summed E-state index contributed by atoms with van der Waals surface area (Å²) in [6.45, 7) is 1.59. The fourth-order valence-corrected chi connectivity index (χ4v) is 1.06. The third-order valence-electron chi connectivity index (χ3n) is 2.04. The van der Waals surface area contributed by atoms with Crippen molar-refractivity contribution in [3.05, 3.63) is 35.4 Å². The molecule has 1 aromatic rings. The maximum atomic E-state index is 13.1. The number of halogens is 2. The van der Waals surface area contributed by atoms with Gasteiger partial charge in [-0.15, -0.1) is 0 Å². The van der Waals surface area contributed by atoms with E-state index in [1.165, 1.54) is 12.1 Å². The molecule has 0 aliphatic rings. The Balaban J connectivity index is 3.07. The van der Waals surface area contributed by atoms with Crippen LogP contribution in [-0.2, 0) is 0 Å². The Morgan fingerprint density at radius 2 is 2.07 bits per heavy atom. The Morgan fingerprint density at radius 1 is 1.43 bits per heavy atom. The fourth-order valence-electron chi connectivity index (χ4n) is 1.06. The van der Waals surface area contributed by atoms with Crippen molar-refractivity contribution in [3.63, 3.8) is 0 Å². The van der Waals surface area contributed by atoms with Gasteiger partial charge in [0.1, 0.15) is 0 Å². The number of nitrogens with one attached hydrogen (secondary N) is 1. The molecule has 76 valence electrons. The highest BCUT2D eigenvalue weighted by atomic mass is 19.2. The van der Waals surface area contributed by atoms with E-state index < -0.39 is 23.5 Å². The van der Waals surface area contributed by atoms with E-state index in [-0.39, 0.29) is 5.56 Å². The number of carbonyl (C=O) groups is 1. The van der Waals surface area contributed by atoms with Crippen LogP contribution in [0.2, 0.25) is 0 Å². The fraction of sp³-hybridized carbons (Fsp3) is 0.300. The molecule has 1 aromatic carbocycles. The average Bonchev–Trinajstić information content (AvgIpc) is 2.20. The van der Waals surface area contributed by atoms with Crippen molar-refractivity contribution in [1.29, 1.82) is 0 Å². The Hall–Kier alpha value is -1.29. The van der Waals surface area contributed by atoms with Gasteiger partial charge in [0.2, 0.25) is 0 Å². The molecule has 0 saturated heterocycles. The monoisotopic (exact) mass is 199 g/mol. The van der Waals surface area contributed by atoms with Gasteiger partial charge in [0.25, 0.3) is 0 Å². The van der Waals surface area contributed by atoms with Crippen molar-refractivity contribution in [1.82, 2.24) is 5.32 Å². The summed E-state index contributed by atoms with van der Waals surface area (Å²) in [7, 11) is 1.58. The molecular weight excluding hydrogens is 188 g/mol. The van der Waals surface area contributed by atoms with E-state index >= 15 is 0 Å². The molecule has 2 nitrogen and oxygen atoms in total. The number of benzene rings is 1. The van der Waals surface area contributed by atoms with Crippen LogP contribution >= 0.6 is 0 Å². The largest absolute Gasteiger partial charge is 0.310 e. The van der Waals surface area contributed by atoms with Crippen molar-refractivity contribution in [2.45, 2.75) is 13.0 Å². The van der Waals surface area contributed by atoms with E-state index in [1.54, 1.807) is 14.0 Å². The van der Waals surface area contributed by atoms with Gasteiger partial charge < -0.3 is 5.32 Å². The molecule has 1 N–H and O–H groups in total. The van der Waals surface area contributed by atoms with Crippen LogP contribution in [-0.4, -0.2) is 18.9 Å². The molecule has 0 aliphatic carbocycles. The van der Waals surface area contributed by atoms with Gasteiger partial charge in [-0.3, -0.25) is 4.79 Å². The molecule has 0 saturated carbocycles. The summed E-state index contributed by atoms with van der Waals surface area (Å²) < 4.78 is 25.9. The normalized spacial score (nSPS) is 12.6. The highest BCUT2D eigenvalue weighted by Crippen LogP contribution is 2.13. The predicted molar refractivity (Wildman–Crippen MR) is 49.2 cm³/mol. The highest BCUT2D eigenvalue weighted by molar-refractivity contribution is 6.00. The zero-order valence-electron chi connectivity index (χ0n) is 7.97. The van der Waals surface area contributed by atoms with E-state index in [2.05, 4.69) is 5.32 Å². The van der Waals surface area contributed by atoms with E-state index in [0.717, 1.165) is 6.07 Å². The summed E-state index contributed by atoms with van der Waals surface area (Å²) in [5.41, 5.74) is -0.216. The lowest BCUT2D eigenvalue weighted by Crippen LogP contribution is -2.31. The molecule has 0 spiro atoms. The summed E-state index contributed by atoms with van der Waals surface area (Å²) in [4.78, 5) is 11.5. The van der Waals surface area contributed by atoms with Crippen LogP contribution in [0.15, 0.2) is 18.2 Å². The number of carbonyl (C=O) groups excluding carboxylic acids is 1. The molecule has 1 rings (SSSR count). The highest BCUT2D eigenvalue weighted by Gasteiger charge is 2.18. The Kier molecular flexibility index (Phi) is 3.30. The maximum absolute atomic E-state index is 13.1. The Labute approximate surface area is 80.9 Å². The SMILES string of the molecule is CNC(C)C(=O)c1cccc(F)c1F. The molecule has 0 amide bonds. The third kappa shape index (κ3) is 1.96. The molecule has 14 heavy (non-hydrogen) atoms. The van der Waals surface area contributed by atoms with Crippen LogP contribution in [0.25, 0.3) is 0 Å². The lowest BCUT2D eigenvalue weighted by atomic mass is 10.0. The average molecular weight is 199 g/mol. The van der Waals surface area contributed by atoms with Crippen molar-refractivity contribution < 1.29 is 13.6 Å². The number of likely N-dealkylation sites (N-methyl/N-ethyl adjacent to an activating group) is 1. The van der Waals surface area contributed by atoms with Gasteiger partial charge in [0, 0.05) is 0 Å². The van der Waals surface area contributed by atoms with Crippen LogP contribution in [0.3, 0.4) is 0 Å². The molecular formula is C10H11F2NO. The summed E-state index contributed by atoms with van der Waals surface area (Å²) in [6, 6.07) is 3.05. The van der Waals surface area contributed by atoms with Crippen molar-refractivity contribution in [2.75, 3.05) is 7.05 Å². The second-order valence-electron chi connectivity index (χ2n) is 2.98. The molecule has 0 aromatic heterocycles. The van der Waals surface area contributed by atoms with Gasteiger partial charge in [0.05, 0.1) is 11.6 Å². The first kappa shape index (κ1) is 10.8. The van der Waals surface area contributed by atoms with Crippen molar-refractivity contribution in [2.24, 2.45) is 0 Å². The van der Waals surface area contributed by atoms with Gasteiger partial charge in [-0.2, -0.15) is 0 Å². The van der Waals surface area contributed by atoms with Gasteiger partial charge in [-0.25, -0.2) is 8.78 Å². The third-order valence-corrected chi connectivity index (χ3v) is 2.04. The second kappa shape index (κ2) is 4.28. The minimum Gasteiger partial charge on any atom is -0.310 e. The van der Waals surface area contributed by atoms with Gasteiger partial charge in [-0.05, 0) is 26.1 Å². The van der Waals surface area contributed by atoms with Gasteiger partial charge >= 0.3 is 0 Å². The lowest BCUT2D eigenvalue weighted by molar-refractivity contribution is 0.0950. The van der Waals surface area contributed by atoms with Gasteiger partial charge in [-0.1, -0.05) is 6.07 Å². The zero-order valence-corrected chi connectivity index (χ0v) is 7.97. The molecule has 0 bridgehead atoms. The van der Waals surface area contributed by atoms with Crippen molar-refractivity contribution in [3.8, 4) is 0 Å². The van der Waals surface area contributed by atoms with Crippen LogP contribution < -0.4 is 5.32 Å². The van der Waals surface area contributed by atoms with E-state index in [9.17, 15) is 13.6 Å². The number of hydrogen-bond acceptors (Lipinski definition) is 2. The first-order chi connectivity index (χ1) is 6.57. The summed E-state index contributed by atoms with van der Waals surface area (Å²) in [5, 5.41) is 2.67. The minimum atomic E-state index is -1.08. The quantitative estimate of drug-likeness (QED) is 0.751. The zero-order chi connectivity index (χ0) is 10.7. The van der Waals surface area contributed by atoms with Crippen LogP contribution in [0.4, 0.5) is 8.78 Å². The van der Waals surface area contributed by atoms with E-state index in [4.69, 9.17) is 0 Å². The van der Waals surface area contributed by atoms with Crippen LogP contribution in [0.1, 0.15) is 17.3 Å². The van der Waals surface area contributed by atoms with E-state index in [1.807, 2.05) is 0 Å². The molecule has 1 unspecified atom stereocenters. The summed E-state index contributed by atoms with van der Waals surface area (Å²) in [6.07, 6.45) is 0. The Bertz CT molecular complexity index is 352. The predicted octanol–water partition coefficient (Wildman–Crippen LogP) is 1.76. The summed E-state index contributed by atoms with van der Waals surface area (Å²) >= 11 is 0. The van der Waals surface area contributed by atoms with Gasteiger partial charge in [0.15, 0.2) is 17.4 Å². The molecule has 1 atom stereocenters. The van der Waals surface area contributed by atoms with E-state index in [0.29, 0.717) is 0 Å². The number of Topliss-reactive ketones (excluding diaryl/α,β-unsaturated/α-hetero) is 1. The number of hydrogen-bond donors (Lipinski definition) is 1. The minimum absolute atomic E-state index is 0.216. The lowest BCUT2D eigenvalue weighted by Gasteiger charge is -2.09. The maximum Gasteiger partial charge on any atom is 0.182 e. The molecule has 0 fully saturated rings. The topological polar surface area (TPSA) is 29.1 Å². The van der Waals surface area contributed by atoms with Crippen LogP contribution in [0.5, 0.6) is 0 Å². The number of rotatable bonds is 3. The molecule has 0 radical (unpaired) electrons. The number of ketones is 1. The first-order valence-corrected chi connectivity index (χ1v) is 4.23. The molecule has 0 heterocycles. The standard InChI is InChI=1S/C10H11F2NO/c1-6(13-2)10(14)7-4-3-5-8(11)9(7)12/h3-6,13H,1-2H3. The molecule has 4 heteroatoms. The smallest absolute Gasteiger partial charge is 0.182 e. The van der Waals surface area contributed by atoms with Crippen LogP contribution in [0, 0.1) is 11.6 Å². The summed E-state index contributed by atoms with van der Waals surface area (Å²) in [5.74, 6) is -2.54. The first-order valence-electron chi connectivity index (χ1n) is 4.23. The molecule has 0 aliphatic heterocycles. The Morgan fingerprint density at radius 3 is 2.64 bits per heavy atom. The second-order valence-corrected chi connectivity index (χ2v) is 2.98. The van der Waals surface area contributed by atoms with Crippen molar-refractivity contribution >= 4 is 5.78 Å².